The molecule has 9 nitrogen and oxygen atoms in total. The van der Waals surface area contributed by atoms with Crippen LogP contribution in [0.4, 0.5) is 5.69 Å². The van der Waals surface area contributed by atoms with Crippen molar-refractivity contribution in [3.8, 4) is 17.0 Å². The van der Waals surface area contributed by atoms with Gasteiger partial charge in [0.15, 0.2) is 5.96 Å². The molecule has 2 aromatic carbocycles. The number of allylic oxidation sites excluding steroid dienone is 1. The highest BCUT2D eigenvalue weighted by Crippen LogP contribution is 2.29. The normalized spacial score (nSPS) is 16.6. The lowest BCUT2D eigenvalue weighted by Crippen LogP contribution is -2.37. The molecule has 0 spiro atoms. The number of anilines is 1. The minimum absolute atomic E-state index is 0.0237. The largest absolute Gasteiger partial charge is 0.490 e. The highest BCUT2D eigenvalue weighted by atomic mass is 35.5. The molecule has 11 heteroatoms. The molecule has 0 fully saturated rings. The van der Waals surface area contributed by atoms with Gasteiger partial charge in [-0.2, -0.15) is 4.37 Å². The van der Waals surface area contributed by atoms with Crippen molar-refractivity contribution < 1.29 is 14.3 Å². The van der Waals surface area contributed by atoms with Gasteiger partial charge in [0.1, 0.15) is 12.4 Å². The van der Waals surface area contributed by atoms with Crippen molar-refractivity contribution in [1.29, 1.82) is 0 Å². The topological polar surface area (TPSA) is 131 Å². The highest BCUT2D eigenvalue weighted by Gasteiger charge is 2.20. The zero-order chi connectivity index (χ0) is 26.9. The predicted molar refractivity (Wildman–Crippen MR) is 152 cm³/mol. The first-order valence-corrected chi connectivity index (χ1v) is 13.3. The number of carbonyl (C=O) groups is 2. The van der Waals surface area contributed by atoms with Crippen molar-refractivity contribution in [3.63, 3.8) is 0 Å². The molecule has 4 aliphatic rings. The van der Waals surface area contributed by atoms with E-state index < -0.39 is 0 Å². The number of aliphatic imine (C=N–C) groups is 1. The summed E-state index contributed by atoms with van der Waals surface area (Å²) in [5.41, 5.74) is 9.12. The third-order valence-corrected chi connectivity index (χ3v) is 6.79. The van der Waals surface area contributed by atoms with Crippen LogP contribution in [0.3, 0.4) is 0 Å². The molecule has 38 heavy (non-hydrogen) atoms. The highest BCUT2D eigenvalue weighted by molar-refractivity contribution is 7.06. The number of aromatic nitrogens is 1. The van der Waals surface area contributed by atoms with Crippen LogP contribution in [0.15, 0.2) is 59.6 Å². The zero-order valence-electron chi connectivity index (χ0n) is 20.9. The first-order chi connectivity index (χ1) is 18.4. The molecule has 5 N–H and O–H groups in total. The number of benzene rings is 2. The van der Waals surface area contributed by atoms with E-state index in [1.165, 1.54) is 11.5 Å². The molecule has 0 saturated carbocycles. The van der Waals surface area contributed by atoms with E-state index in [4.69, 9.17) is 22.1 Å². The second-order valence-corrected chi connectivity index (χ2v) is 9.99. The van der Waals surface area contributed by atoms with E-state index in [-0.39, 0.29) is 30.9 Å². The Labute approximate surface area is 230 Å². The molecule has 5 heterocycles. The lowest BCUT2D eigenvalue weighted by atomic mass is 10.1. The minimum atomic E-state index is -0.385. The van der Waals surface area contributed by atoms with E-state index in [0.29, 0.717) is 35.1 Å². The van der Waals surface area contributed by atoms with Crippen LogP contribution in [0.5, 0.6) is 5.75 Å². The van der Waals surface area contributed by atoms with E-state index in [2.05, 4.69) is 31.4 Å². The van der Waals surface area contributed by atoms with Crippen LogP contribution in [0.1, 0.15) is 33.6 Å². The summed E-state index contributed by atoms with van der Waals surface area (Å²) in [5.74, 6) is 0.127. The Bertz CT molecular complexity index is 1350. The molecule has 2 amide bonds. The van der Waals surface area contributed by atoms with Crippen LogP contribution in [-0.4, -0.2) is 41.8 Å². The van der Waals surface area contributed by atoms with Gasteiger partial charge >= 0.3 is 0 Å². The molecular weight excluding hydrogens is 524 g/mol. The maximum Gasteiger partial charge on any atom is 0.261 e. The van der Waals surface area contributed by atoms with E-state index >= 15 is 0 Å². The molecule has 0 atom stereocenters. The molecule has 0 radical (unpaired) electrons. The van der Waals surface area contributed by atoms with Gasteiger partial charge < -0.3 is 21.1 Å². The summed E-state index contributed by atoms with van der Waals surface area (Å²) in [6.07, 6.45) is 5.78. The fourth-order valence-corrected chi connectivity index (χ4v) is 4.73. The Hall–Kier alpha value is -3.73. The molecule has 198 valence electrons. The average Bonchev–Trinajstić information content (AvgIpc) is 3.29. The van der Waals surface area contributed by atoms with Gasteiger partial charge in [0.05, 0.1) is 35.1 Å². The SMILES string of the molecule is Cc1snc2c1C(=O)NC(N)=NCc1ccc(c(Cl)c1)NC(=O)CNCCC/C=C\COc1ccc-2cc1. The molecule has 1 aromatic heterocycles. The van der Waals surface area contributed by atoms with Crippen LogP contribution in [0.2, 0.25) is 5.02 Å². The number of nitrogens with zero attached hydrogens (tertiary/aromatic N) is 2. The van der Waals surface area contributed by atoms with Crippen LogP contribution in [0, 0.1) is 6.92 Å². The molecule has 0 unspecified atom stereocenters. The predicted octanol–water partition coefficient (Wildman–Crippen LogP) is 4.27. The second-order valence-electron chi connectivity index (χ2n) is 8.61. The first kappa shape index (κ1) is 27.3. The summed E-state index contributed by atoms with van der Waals surface area (Å²) >= 11 is 7.61. The number of nitrogens with two attached hydrogens (primary N) is 1. The van der Waals surface area contributed by atoms with E-state index in [9.17, 15) is 9.59 Å². The number of ether oxygens (including phenoxy) is 1. The number of nitrogens with one attached hydrogen (secondary N) is 3. The smallest absolute Gasteiger partial charge is 0.261 e. The summed E-state index contributed by atoms with van der Waals surface area (Å²) in [6.45, 7) is 3.37. The van der Waals surface area contributed by atoms with Gasteiger partial charge in [-0.05, 0) is 79.8 Å². The summed E-state index contributed by atoms with van der Waals surface area (Å²) in [5, 5.41) is 8.97. The molecular formula is C27H29ClN6O3S. The van der Waals surface area contributed by atoms with Gasteiger partial charge in [-0.1, -0.05) is 29.8 Å². The lowest BCUT2D eigenvalue weighted by Gasteiger charge is -2.10. The average molecular weight is 553 g/mol. The molecule has 0 saturated heterocycles. The maximum atomic E-state index is 13.1. The monoisotopic (exact) mass is 552 g/mol. The third kappa shape index (κ3) is 7.41. The van der Waals surface area contributed by atoms with E-state index in [1.54, 1.807) is 18.2 Å². The zero-order valence-corrected chi connectivity index (χ0v) is 22.5. The number of hydrogen-bond donors (Lipinski definition) is 4. The Kier molecular flexibility index (Phi) is 9.47. The number of hydrogen-bond acceptors (Lipinski definition) is 8. The summed E-state index contributed by atoms with van der Waals surface area (Å²) in [4.78, 5) is 30.4. The first-order valence-electron chi connectivity index (χ1n) is 12.2. The number of guanidine groups is 1. The number of aryl methyl sites for hydroxylation is 1. The van der Waals surface area contributed by atoms with Crippen molar-refractivity contribution in [2.75, 3.05) is 25.0 Å². The molecule has 3 aromatic rings. The Morgan fingerprint density at radius 2 is 1.89 bits per heavy atom. The maximum absolute atomic E-state index is 13.1. The Morgan fingerprint density at radius 1 is 1.08 bits per heavy atom. The fraction of sp³-hybridized carbons (Fsp3) is 0.259. The van der Waals surface area contributed by atoms with Gasteiger partial charge in [-0.3, -0.25) is 14.9 Å². The number of carbonyl (C=O) groups excluding carboxylic acids is 2. The Balaban J connectivity index is 1.55. The number of halogens is 1. The van der Waals surface area contributed by atoms with Gasteiger partial charge in [-0.15, -0.1) is 0 Å². The summed E-state index contributed by atoms with van der Waals surface area (Å²) in [6, 6.07) is 12.7. The van der Waals surface area contributed by atoms with Crippen LogP contribution in [-0.2, 0) is 11.3 Å². The van der Waals surface area contributed by atoms with Crippen LogP contribution >= 0.6 is 23.1 Å². The van der Waals surface area contributed by atoms with E-state index in [0.717, 1.165) is 34.6 Å². The minimum Gasteiger partial charge on any atom is -0.490 e. The molecule has 7 rings (SSSR count). The Morgan fingerprint density at radius 3 is 2.68 bits per heavy atom. The van der Waals surface area contributed by atoms with Gasteiger partial charge in [-0.25, -0.2) is 4.99 Å². The van der Waals surface area contributed by atoms with Crippen molar-refractivity contribution in [1.82, 2.24) is 15.0 Å². The lowest BCUT2D eigenvalue weighted by molar-refractivity contribution is -0.115. The molecule has 4 bridgehead atoms. The van der Waals surface area contributed by atoms with Crippen molar-refractivity contribution in [3.05, 3.63) is 75.6 Å². The van der Waals surface area contributed by atoms with Gasteiger partial charge in [0.25, 0.3) is 5.91 Å². The number of rotatable bonds is 0. The number of amides is 2. The third-order valence-electron chi connectivity index (χ3n) is 5.72. The fourth-order valence-electron chi connectivity index (χ4n) is 3.77. The quantitative estimate of drug-likeness (QED) is 0.308. The van der Waals surface area contributed by atoms with Crippen molar-refractivity contribution in [2.45, 2.75) is 26.3 Å². The van der Waals surface area contributed by atoms with Gasteiger partial charge in [0.2, 0.25) is 5.91 Å². The van der Waals surface area contributed by atoms with Crippen LogP contribution < -0.4 is 26.4 Å². The molecule has 0 aliphatic carbocycles. The standard InChI is InChI=1S/C27H29ClN6O3S/c1-17-24-25(34-38-17)19-7-9-20(10-8-19)37-13-5-3-2-4-12-30-16-23(35)32-22-11-6-18(14-21(22)28)15-31-27(29)33-26(24)36/h3,5-11,14,30H,2,4,12-13,15-16H2,1H3,(H,32,35)(H3,29,31,33,36)/b5-3-. The van der Waals surface area contributed by atoms with Gasteiger partial charge in [0, 0.05) is 10.4 Å². The second kappa shape index (κ2) is 13.2. The van der Waals surface area contributed by atoms with E-state index in [1.807, 2.05) is 37.3 Å². The van der Waals surface area contributed by atoms with Crippen LogP contribution in [0.25, 0.3) is 11.3 Å². The van der Waals surface area contributed by atoms with Crippen molar-refractivity contribution >= 4 is 46.6 Å². The summed E-state index contributed by atoms with van der Waals surface area (Å²) in [7, 11) is 0. The summed E-state index contributed by atoms with van der Waals surface area (Å²) < 4.78 is 10.3. The molecule has 4 aliphatic heterocycles. The van der Waals surface area contributed by atoms with Crippen molar-refractivity contribution in [2.24, 2.45) is 10.7 Å².